The molecule has 0 saturated carbocycles. The van der Waals surface area contributed by atoms with Crippen LogP contribution in [0.1, 0.15) is 28.4 Å². The van der Waals surface area contributed by atoms with E-state index in [9.17, 15) is 5.11 Å². The Bertz CT molecular complexity index is 531. The van der Waals surface area contributed by atoms with E-state index in [1.165, 1.54) is 0 Å². The molecule has 1 N–H and O–H groups in total. The quantitative estimate of drug-likeness (QED) is 0.863. The Labute approximate surface area is 105 Å². The molecule has 0 radical (unpaired) electrons. The normalized spacial score (nSPS) is 11.1. The number of hydrogen-bond donors (Lipinski definition) is 1. The molecule has 0 spiro atoms. The maximum absolute atomic E-state index is 9.25. The van der Waals surface area contributed by atoms with Gasteiger partial charge in [0.15, 0.2) is 5.76 Å². The molecular formula is C12H17N3O3. The third kappa shape index (κ3) is 2.44. The molecule has 18 heavy (non-hydrogen) atoms. The van der Waals surface area contributed by atoms with Crippen LogP contribution in [0.3, 0.4) is 0 Å². The summed E-state index contributed by atoms with van der Waals surface area (Å²) in [6.07, 6.45) is 0. The summed E-state index contributed by atoms with van der Waals surface area (Å²) in [6, 6.07) is 1.85. The highest BCUT2D eigenvalue weighted by Gasteiger charge is 2.12. The molecule has 2 aromatic rings. The van der Waals surface area contributed by atoms with Gasteiger partial charge in [-0.25, -0.2) is 0 Å². The molecule has 6 nitrogen and oxygen atoms in total. The van der Waals surface area contributed by atoms with Gasteiger partial charge >= 0.3 is 0 Å². The van der Waals surface area contributed by atoms with Gasteiger partial charge in [-0.15, -0.1) is 0 Å². The highest BCUT2D eigenvalue weighted by Crippen LogP contribution is 2.14. The van der Waals surface area contributed by atoms with Crippen LogP contribution in [0.5, 0.6) is 0 Å². The Morgan fingerprint density at radius 1 is 1.44 bits per heavy atom. The summed E-state index contributed by atoms with van der Waals surface area (Å²) in [7, 11) is 1.61. The Balaban J connectivity index is 2.17. The van der Waals surface area contributed by atoms with Gasteiger partial charge in [-0.3, -0.25) is 4.68 Å². The van der Waals surface area contributed by atoms with Crippen LogP contribution in [-0.4, -0.2) is 27.2 Å². The van der Waals surface area contributed by atoms with Gasteiger partial charge < -0.3 is 14.4 Å². The van der Waals surface area contributed by atoms with E-state index >= 15 is 0 Å². The minimum absolute atomic E-state index is 0.00536. The first-order chi connectivity index (χ1) is 8.65. The van der Waals surface area contributed by atoms with E-state index in [4.69, 9.17) is 9.26 Å². The molecule has 98 valence electrons. The van der Waals surface area contributed by atoms with Gasteiger partial charge in [-0.1, -0.05) is 5.16 Å². The van der Waals surface area contributed by atoms with E-state index in [0.717, 1.165) is 22.6 Å². The number of aromatic nitrogens is 3. The Hall–Kier alpha value is -1.66. The largest absolute Gasteiger partial charge is 0.392 e. The first-order valence-corrected chi connectivity index (χ1v) is 5.72. The number of hydrogen-bond acceptors (Lipinski definition) is 5. The van der Waals surface area contributed by atoms with Gasteiger partial charge in [0.1, 0.15) is 12.3 Å². The molecule has 0 atom stereocenters. The lowest BCUT2D eigenvalue weighted by molar-refractivity contribution is 0.155. The predicted molar refractivity (Wildman–Crippen MR) is 63.9 cm³/mol. The number of rotatable bonds is 5. The van der Waals surface area contributed by atoms with Gasteiger partial charge in [-0.2, -0.15) is 5.10 Å². The second kappa shape index (κ2) is 5.32. The lowest BCUT2D eigenvalue weighted by Gasteiger charge is -2.01. The first-order valence-electron chi connectivity index (χ1n) is 5.72. The van der Waals surface area contributed by atoms with Gasteiger partial charge in [0.25, 0.3) is 0 Å². The number of nitrogens with zero attached hydrogens (tertiary/aromatic N) is 3. The topological polar surface area (TPSA) is 73.3 Å². The molecule has 0 fully saturated rings. The second-order valence-electron chi connectivity index (χ2n) is 4.18. The molecule has 2 rings (SSSR count). The SMILES string of the molecule is COCc1cc(Cn2nc(C)c(CO)c2C)no1. The molecule has 0 saturated heterocycles. The second-order valence-corrected chi connectivity index (χ2v) is 4.18. The van der Waals surface area contributed by atoms with Crippen molar-refractivity contribution in [1.82, 2.24) is 14.9 Å². The molecule has 0 aliphatic rings. The van der Waals surface area contributed by atoms with Crippen molar-refractivity contribution in [1.29, 1.82) is 0 Å². The van der Waals surface area contributed by atoms with Crippen molar-refractivity contribution in [3.05, 3.63) is 34.5 Å². The van der Waals surface area contributed by atoms with E-state index in [1.807, 2.05) is 24.6 Å². The van der Waals surface area contributed by atoms with Gasteiger partial charge in [0.2, 0.25) is 0 Å². The average Bonchev–Trinajstić information content (AvgIpc) is 2.87. The van der Waals surface area contributed by atoms with E-state index in [1.54, 1.807) is 7.11 Å². The van der Waals surface area contributed by atoms with Crippen molar-refractivity contribution in [3.8, 4) is 0 Å². The maximum atomic E-state index is 9.25. The number of ether oxygens (including phenoxy) is 1. The van der Waals surface area contributed by atoms with E-state index in [-0.39, 0.29) is 6.61 Å². The van der Waals surface area contributed by atoms with Crippen molar-refractivity contribution < 1.29 is 14.4 Å². The maximum Gasteiger partial charge on any atom is 0.162 e. The lowest BCUT2D eigenvalue weighted by atomic mass is 10.2. The molecule has 2 heterocycles. The van der Waals surface area contributed by atoms with Crippen molar-refractivity contribution in [3.63, 3.8) is 0 Å². The standard InChI is InChI=1S/C12H17N3O3/c1-8-12(6-16)9(2)15(13-8)5-10-4-11(7-17-3)18-14-10/h4,16H,5-7H2,1-3H3. The van der Waals surface area contributed by atoms with Crippen molar-refractivity contribution >= 4 is 0 Å². The zero-order chi connectivity index (χ0) is 13.1. The minimum Gasteiger partial charge on any atom is -0.392 e. The highest BCUT2D eigenvalue weighted by atomic mass is 16.5. The van der Waals surface area contributed by atoms with Crippen molar-refractivity contribution in [2.24, 2.45) is 0 Å². The summed E-state index contributed by atoms with van der Waals surface area (Å²) in [5, 5.41) is 17.6. The molecule has 0 bridgehead atoms. The summed E-state index contributed by atoms with van der Waals surface area (Å²) in [4.78, 5) is 0. The number of aryl methyl sites for hydroxylation is 1. The summed E-state index contributed by atoms with van der Waals surface area (Å²) < 4.78 is 11.9. The van der Waals surface area contributed by atoms with Crippen molar-refractivity contribution in [2.75, 3.05) is 7.11 Å². The van der Waals surface area contributed by atoms with Gasteiger partial charge in [-0.05, 0) is 13.8 Å². The molecule has 0 aliphatic heterocycles. The van der Waals surface area contributed by atoms with Crippen LogP contribution in [0, 0.1) is 13.8 Å². The van der Waals surface area contributed by atoms with Crippen LogP contribution < -0.4 is 0 Å². The summed E-state index contributed by atoms with van der Waals surface area (Å²) in [5.41, 5.74) is 3.45. The van der Waals surface area contributed by atoms with Gasteiger partial charge in [0, 0.05) is 24.4 Å². The van der Waals surface area contributed by atoms with Crippen LogP contribution in [-0.2, 0) is 24.5 Å². The Morgan fingerprint density at radius 2 is 2.22 bits per heavy atom. The van der Waals surface area contributed by atoms with Crippen LogP contribution >= 0.6 is 0 Å². The Morgan fingerprint density at radius 3 is 2.83 bits per heavy atom. The first kappa shape index (κ1) is 12.8. The molecule has 6 heteroatoms. The fraction of sp³-hybridized carbons (Fsp3) is 0.500. The monoisotopic (exact) mass is 251 g/mol. The molecular weight excluding hydrogens is 234 g/mol. The third-order valence-electron chi connectivity index (χ3n) is 2.90. The highest BCUT2D eigenvalue weighted by molar-refractivity contribution is 5.24. The molecule has 0 aromatic carbocycles. The van der Waals surface area contributed by atoms with Crippen molar-refractivity contribution in [2.45, 2.75) is 33.6 Å². The predicted octanol–water partition coefficient (Wildman–Crippen LogP) is 1.17. The summed E-state index contributed by atoms with van der Waals surface area (Å²) >= 11 is 0. The Kier molecular flexibility index (Phi) is 3.78. The van der Waals surface area contributed by atoms with Crippen LogP contribution in [0.4, 0.5) is 0 Å². The number of methoxy groups -OCH3 is 1. The zero-order valence-corrected chi connectivity index (χ0v) is 10.8. The molecule has 2 aromatic heterocycles. The number of aliphatic hydroxyl groups excluding tert-OH is 1. The summed E-state index contributed by atoms with van der Waals surface area (Å²) in [5.74, 6) is 0.691. The lowest BCUT2D eigenvalue weighted by Crippen LogP contribution is -2.04. The van der Waals surface area contributed by atoms with E-state index in [0.29, 0.717) is 18.9 Å². The number of aliphatic hydroxyl groups is 1. The van der Waals surface area contributed by atoms with Gasteiger partial charge in [0.05, 0.1) is 18.8 Å². The smallest absolute Gasteiger partial charge is 0.162 e. The van der Waals surface area contributed by atoms with Crippen LogP contribution in [0.15, 0.2) is 10.6 Å². The zero-order valence-electron chi connectivity index (χ0n) is 10.8. The molecule has 0 unspecified atom stereocenters. The molecule has 0 amide bonds. The average molecular weight is 251 g/mol. The van der Waals surface area contributed by atoms with E-state index < -0.39 is 0 Å². The van der Waals surface area contributed by atoms with Crippen LogP contribution in [0.2, 0.25) is 0 Å². The third-order valence-corrected chi connectivity index (χ3v) is 2.90. The van der Waals surface area contributed by atoms with E-state index in [2.05, 4.69) is 10.3 Å². The van der Waals surface area contributed by atoms with Crippen LogP contribution in [0.25, 0.3) is 0 Å². The summed E-state index contributed by atoms with van der Waals surface area (Å²) in [6.45, 7) is 4.76. The minimum atomic E-state index is 0.00536. The molecule has 0 aliphatic carbocycles. The fourth-order valence-corrected chi connectivity index (χ4v) is 1.91. The fourth-order valence-electron chi connectivity index (χ4n) is 1.91.